The normalized spacial score (nSPS) is 10.9. The first-order valence-electron chi connectivity index (χ1n) is 12.2. The van der Waals surface area contributed by atoms with E-state index in [1.807, 2.05) is 28.8 Å². The molecule has 0 atom stereocenters. The van der Waals surface area contributed by atoms with Crippen molar-refractivity contribution in [1.29, 1.82) is 0 Å². The van der Waals surface area contributed by atoms with E-state index in [2.05, 4.69) is 77.9 Å². The Morgan fingerprint density at radius 1 is 0.944 bits per heavy atom. The number of nitrogens with zero attached hydrogens (tertiary/aromatic N) is 3. The largest absolute Gasteiger partial charge is 0.497 e. The number of amides is 1. The van der Waals surface area contributed by atoms with Crippen LogP contribution in [0, 0.1) is 6.92 Å². The van der Waals surface area contributed by atoms with E-state index in [1.54, 1.807) is 7.11 Å². The molecule has 0 unspecified atom stereocenters. The van der Waals surface area contributed by atoms with E-state index in [0.29, 0.717) is 11.7 Å². The Bertz CT molecular complexity index is 1270. The molecule has 1 heterocycles. The summed E-state index contributed by atoms with van der Waals surface area (Å²) in [5.74, 6) is 1.74. The molecule has 0 aliphatic heterocycles. The first kappa shape index (κ1) is 25.5. The van der Waals surface area contributed by atoms with E-state index in [9.17, 15) is 4.79 Å². The first-order valence-corrected chi connectivity index (χ1v) is 13.2. The number of nitrogens with one attached hydrogen (secondary N) is 1. The molecule has 0 saturated heterocycles. The van der Waals surface area contributed by atoms with Gasteiger partial charge in [-0.25, -0.2) is 0 Å². The van der Waals surface area contributed by atoms with Crippen molar-refractivity contribution in [1.82, 2.24) is 20.1 Å². The Kier molecular flexibility index (Phi) is 8.79. The summed E-state index contributed by atoms with van der Waals surface area (Å²) in [5, 5.41) is 12.6. The number of aryl methyl sites for hydroxylation is 2. The fourth-order valence-corrected chi connectivity index (χ4v) is 4.59. The lowest BCUT2D eigenvalue weighted by Crippen LogP contribution is -2.24. The number of ether oxygens (including phenoxy) is 1. The van der Waals surface area contributed by atoms with Crippen LogP contribution in [-0.4, -0.2) is 33.5 Å². The van der Waals surface area contributed by atoms with Crippen molar-refractivity contribution in [3.05, 3.63) is 89.5 Å². The third kappa shape index (κ3) is 6.55. The molecule has 0 aliphatic rings. The molecule has 1 aromatic heterocycles. The number of hydrogen-bond donors (Lipinski definition) is 1. The van der Waals surface area contributed by atoms with Gasteiger partial charge >= 0.3 is 0 Å². The van der Waals surface area contributed by atoms with Gasteiger partial charge in [0.15, 0.2) is 11.0 Å². The predicted octanol–water partition coefficient (Wildman–Crippen LogP) is 6.00. The van der Waals surface area contributed by atoms with E-state index in [4.69, 9.17) is 4.74 Å². The standard InChI is InChI=1S/C29H32N4O2S/c1-4-5-6-22-9-15-25(16-10-22)33-28(24-13-7-21(2)8-14-24)31-32-29(33)36-20-27(34)30-19-23-11-17-26(35-3)18-12-23/h7-18H,4-6,19-20H2,1-3H3,(H,30,34). The highest BCUT2D eigenvalue weighted by atomic mass is 32.2. The van der Waals surface area contributed by atoms with Crippen LogP contribution in [0.5, 0.6) is 5.75 Å². The molecular weight excluding hydrogens is 468 g/mol. The minimum Gasteiger partial charge on any atom is -0.497 e. The molecule has 4 aromatic rings. The molecule has 0 saturated carbocycles. The topological polar surface area (TPSA) is 69.0 Å². The molecule has 7 heteroatoms. The van der Waals surface area contributed by atoms with Gasteiger partial charge in [0.2, 0.25) is 5.91 Å². The maximum absolute atomic E-state index is 12.6. The maximum Gasteiger partial charge on any atom is 0.230 e. The van der Waals surface area contributed by atoms with Gasteiger partial charge in [0.05, 0.1) is 12.9 Å². The van der Waals surface area contributed by atoms with E-state index in [-0.39, 0.29) is 11.7 Å². The van der Waals surface area contributed by atoms with E-state index >= 15 is 0 Å². The summed E-state index contributed by atoms with van der Waals surface area (Å²) in [6.45, 7) is 4.73. The van der Waals surface area contributed by atoms with Crippen molar-refractivity contribution in [2.75, 3.05) is 12.9 Å². The van der Waals surface area contributed by atoms with Gasteiger partial charge in [-0.1, -0.05) is 79.2 Å². The molecule has 1 amide bonds. The monoisotopic (exact) mass is 500 g/mol. The van der Waals surface area contributed by atoms with Gasteiger partial charge in [-0.3, -0.25) is 9.36 Å². The van der Waals surface area contributed by atoms with Crippen LogP contribution < -0.4 is 10.1 Å². The van der Waals surface area contributed by atoms with Crippen LogP contribution in [0.4, 0.5) is 0 Å². The Balaban J connectivity index is 1.50. The van der Waals surface area contributed by atoms with Crippen molar-refractivity contribution >= 4 is 17.7 Å². The van der Waals surface area contributed by atoms with Crippen LogP contribution >= 0.6 is 11.8 Å². The Morgan fingerprint density at radius 2 is 1.64 bits per heavy atom. The van der Waals surface area contributed by atoms with Gasteiger partial charge in [-0.05, 0) is 55.2 Å². The minimum atomic E-state index is -0.0582. The zero-order valence-corrected chi connectivity index (χ0v) is 21.8. The van der Waals surface area contributed by atoms with Crippen LogP contribution in [0.25, 0.3) is 17.1 Å². The van der Waals surface area contributed by atoms with E-state index < -0.39 is 0 Å². The summed E-state index contributed by atoms with van der Waals surface area (Å²) in [5.41, 5.74) is 5.49. The van der Waals surface area contributed by atoms with Gasteiger partial charge in [0.25, 0.3) is 0 Å². The van der Waals surface area contributed by atoms with Crippen molar-refractivity contribution in [2.24, 2.45) is 0 Å². The molecule has 186 valence electrons. The highest BCUT2D eigenvalue weighted by Crippen LogP contribution is 2.28. The third-order valence-electron chi connectivity index (χ3n) is 5.94. The van der Waals surface area contributed by atoms with Crippen LogP contribution in [0.1, 0.15) is 36.5 Å². The van der Waals surface area contributed by atoms with Crippen LogP contribution in [0.15, 0.2) is 78.0 Å². The summed E-state index contributed by atoms with van der Waals surface area (Å²) >= 11 is 1.39. The smallest absolute Gasteiger partial charge is 0.230 e. The fourth-order valence-electron chi connectivity index (χ4n) is 3.80. The van der Waals surface area contributed by atoms with Gasteiger partial charge < -0.3 is 10.1 Å². The van der Waals surface area contributed by atoms with Gasteiger partial charge in [-0.2, -0.15) is 0 Å². The summed E-state index contributed by atoms with van der Waals surface area (Å²) in [6, 6.07) is 24.5. The summed E-state index contributed by atoms with van der Waals surface area (Å²) in [4.78, 5) is 12.6. The average Bonchev–Trinajstić information content (AvgIpc) is 3.34. The molecule has 4 rings (SSSR count). The number of thioether (sulfide) groups is 1. The fraction of sp³-hybridized carbons (Fsp3) is 0.276. The quantitative estimate of drug-likeness (QED) is 0.256. The van der Waals surface area contributed by atoms with Crippen LogP contribution in [-0.2, 0) is 17.8 Å². The number of benzene rings is 3. The molecule has 3 aromatic carbocycles. The molecular formula is C29H32N4O2S. The number of rotatable bonds is 11. The van der Waals surface area contributed by atoms with Crippen molar-refractivity contribution < 1.29 is 9.53 Å². The van der Waals surface area contributed by atoms with E-state index in [1.165, 1.54) is 35.7 Å². The molecule has 6 nitrogen and oxygen atoms in total. The van der Waals surface area contributed by atoms with Crippen molar-refractivity contribution in [3.8, 4) is 22.8 Å². The molecule has 0 aliphatic carbocycles. The average molecular weight is 501 g/mol. The van der Waals surface area contributed by atoms with Crippen LogP contribution in [0.3, 0.4) is 0 Å². The number of hydrogen-bond acceptors (Lipinski definition) is 5. The number of unbranched alkanes of at least 4 members (excludes halogenated alkanes) is 1. The molecule has 0 bridgehead atoms. The highest BCUT2D eigenvalue weighted by molar-refractivity contribution is 7.99. The number of carbonyl (C=O) groups is 1. The third-order valence-corrected chi connectivity index (χ3v) is 6.87. The Labute approximate surface area is 217 Å². The lowest BCUT2D eigenvalue weighted by Gasteiger charge is -2.12. The molecule has 0 spiro atoms. The SMILES string of the molecule is CCCCc1ccc(-n2c(SCC(=O)NCc3ccc(OC)cc3)nnc2-c2ccc(C)cc2)cc1. The molecule has 1 N–H and O–H groups in total. The summed E-state index contributed by atoms with van der Waals surface area (Å²) < 4.78 is 7.22. The van der Waals surface area contributed by atoms with Gasteiger partial charge in [-0.15, -0.1) is 10.2 Å². The predicted molar refractivity (Wildman–Crippen MR) is 146 cm³/mol. The Morgan fingerprint density at radius 3 is 2.31 bits per heavy atom. The molecule has 36 heavy (non-hydrogen) atoms. The first-order chi connectivity index (χ1) is 17.6. The van der Waals surface area contributed by atoms with Crippen molar-refractivity contribution in [2.45, 2.75) is 44.8 Å². The minimum absolute atomic E-state index is 0.0582. The second kappa shape index (κ2) is 12.4. The Hall–Kier alpha value is -3.58. The van der Waals surface area contributed by atoms with Gasteiger partial charge in [0.1, 0.15) is 5.75 Å². The number of methoxy groups -OCH3 is 1. The zero-order chi connectivity index (χ0) is 25.3. The summed E-state index contributed by atoms with van der Waals surface area (Å²) in [7, 11) is 1.64. The second-order valence-corrected chi connectivity index (χ2v) is 9.63. The zero-order valence-electron chi connectivity index (χ0n) is 21.0. The maximum atomic E-state index is 12.6. The lowest BCUT2D eigenvalue weighted by molar-refractivity contribution is -0.118. The second-order valence-electron chi connectivity index (χ2n) is 8.69. The molecule has 0 fully saturated rings. The number of carbonyl (C=O) groups excluding carboxylic acids is 1. The summed E-state index contributed by atoms with van der Waals surface area (Å²) in [6.07, 6.45) is 3.42. The van der Waals surface area contributed by atoms with Gasteiger partial charge in [0, 0.05) is 17.8 Å². The highest BCUT2D eigenvalue weighted by Gasteiger charge is 2.17. The number of aromatic nitrogens is 3. The van der Waals surface area contributed by atoms with Crippen molar-refractivity contribution in [3.63, 3.8) is 0 Å². The lowest BCUT2D eigenvalue weighted by atomic mass is 10.1. The van der Waals surface area contributed by atoms with E-state index in [0.717, 1.165) is 34.8 Å². The molecule has 0 radical (unpaired) electrons. The van der Waals surface area contributed by atoms with Crippen LogP contribution in [0.2, 0.25) is 0 Å².